The molecule has 0 unspecified atom stereocenters. The third-order valence-corrected chi connectivity index (χ3v) is 5.30. The molecule has 1 heterocycles. The van der Waals surface area contributed by atoms with Gasteiger partial charge in [0, 0.05) is 16.1 Å². The Hall–Kier alpha value is -4.41. The van der Waals surface area contributed by atoms with Gasteiger partial charge in [0.05, 0.1) is 11.9 Å². The molecule has 3 aromatic carbocycles. The number of hydrogen-bond donors (Lipinski definition) is 2. The number of H-pyrrole nitrogens is 1. The van der Waals surface area contributed by atoms with Gasteiger partial charge in [-0.15, -0.1) is 0 Å². The van der Waals surface area contributed by atoms with E-state index in [0.29, 0.717) is 28.5 Å². The minimum absolute atomic E-state index is 0.0672. The number of nitriles is 1. The molecule has 7 nitrogen and oxygen atoms in total. The van der Waals surface area contributed by atoms with Crippen LogP contribution >= 0.6 is 11.6 Å². The summed E-state index contributed by atoms with van der Waals surface area (Å²) >= 11 is 6.17. The maximum Gasteiger partial charge on any atom is 0.270 e. The molecular formula is C26H20ClN5O2. The summed E-state index contributed by atoms with van der Waals surface area (Å²) in [6.45, 7) is 2.43. The Labute approximate surface area is 201 Å². The monoisotopic (exact) mass is 469 g/mol. The Morgan fingerprint density at radius 1 is 1.15 bits per heavy atom. The van der Waals surface area contributed by atoms with E-state index in [1.807, 2.05) is 55.5 Å². The SMILES string of the molecule is Cc1ccccc1COc1ccc(Cl)cc1C=NNc1nc(-c2ccccc2)c(C#N)c(=O)[nH]1. The fourth-order valence-electron chi connectivity index (χ4n) is 3.28. The van der Waals surface area contributed by atoms with Gasteiger partial charge in [0.25, 0.3) is 5.56 Å². The lowest BCUT2D eigenvalue weighted by Crippen LogP contribution is -2.16. The van der Waals surface area contributed by atoms with Crippen molar-refractivity contribution in [3.8, 4) is 23.1 Å². The zero-order valence-electron chi connectivity index (χ0n) is 18.2. The van der Waals surface area contributed by atoms with Crippen LogP contribution in [-0.2, 0) is 6.61 Å². The van der Waals surface area contributed by atoms with Crippen molar-refractivity contribution in [1.82, 2.24) is 9.97 Å². The first kappa shape index (κ1) is 22.8. The van der Waals surface area contributed by atoms with E-state index in [1.165, 1.54) is 6.21 Å². The van der Waals surface area contributed by atoms with Crippen molar-refractivity contribution < 1.29 is 4.74 Å². The van der Waals surface area contributed by atoms with Crippen molar-refractivity contribution in [3.05, 3.63) is 110 Å². The molecule has 0 radical (unpaired) electrons. The molecule has 0 spiro atoms. The van der Waals surface area contributed by atoms with Gasteiger partial charge in [-0.05, 0) is 36.2 Å². The summed E-state index contributed by atoms with van der Waals surface area (Å²) in [5.74, 6) is 0.702. The minimum Gasteiger partial charge on any atom is -0.488 e. The molecule has 0 atom stereocenters. The summed E-state index contributed by atoms with van der Waals surface area (Å²) < 4.78 is 6.00. The summed E-state index contributed by atoms with van der Waals surface area (Å²) in [7, 11) is 0. The Bertz CT molecular complexity index is 1440. The minimum atomic E-state index is -0.556. The van der Waals surface area contributed by atoms with Crippen molar-refractivity contribution >= 4 is 23.8 Å². The highest BCUT2D eigenvalue weighted by molar-refractivity contribution is 6.30. The van der Waals surface area contributed by atoms with Gasteiger partial charge in [-0.25, -0.2) is 10.4 Å². The number of anilines is 1. The molecular weight excluding hydrogens is 450 g/mol. The highest BCUT2D eigenvalue weighted by Crippen LogP contribution is 2.23. The van der Waals surface area contributed by atoms with Crippen LogP contribution in [0.2, 0.25) is 5.02 Å². The molecule has 34 heavy (non-hydrogen) atoms. The Morgan fingerprint density at radius 2 is 1.91 bits per heavy atom. The number of aromatic amines is 1. The van der Waals surface area contributed by atoms with Crippen LogP contribution in [0, 0.1) is 18.3 Å². The van der Waals surface area contributed by atoms with E-state index in [0.717, 1.165) is 11.1 Å². The maximum absolute atomic E-state index is 12.4. The summed E-state index contributed by atoms with van der Waals surface area (Å²) in [4.78, 5) is 19.3. The van der Waals surface area contributed by atoms with Crippen LogP contribution in [-0.4, -0.2) is 16.2 Å². The number of halogens is 1. The number of hydrogen-bond acceptors (Lipinski definition) is 6. The lowest BCUT2D eigenvalue weighted by atomic mass is 10.1. The van der Waals surface area contributed by atoms with E-state index in [4.69, 9.17) is 16.3 Å². The highest BCUT2D eigenvalue weighted by Gasteiger charge is 2.13. The second kappa shape index (κ2) is 10.5. The number of ether oxygens (including phenoxy) is 1. The predicted octanol–water partition coefficient (Wildman–Crippen LogP) is 5.30. The number of aromatic nitrogens is 2. The fraction of sp³-hybridized carbons (Fsp3) is 0.0769. The zero-order valence-corrected chi connectivity index (χ0v) is 19.0. The summed E-state index contributed by atoms with van der Waals surface area (Å²) in [6.07, 6.45) is 1.53. The average Bonchev–Trinajstić information content (AvgIpc) is 2.84. The van der Waals surface area contributed by atoms with E-state index >= 15 is 0 Å². The molecule has 4 aromatic rings. The van der Waals surface area contributed by atoms with Gasteiger partial charge < -0.3 is 4.74 Å². The van der Waals surface area contributed by atoms with Crippen molar-refractivity contribution in [2.75, 3.05) is 5.43 Å². The van der Waals surface area contributed by atoms with Gasteiger partial charge in [0.2, 0.25) is 5.95 Å². The zero-order chi connectivity index (χ0) is 23.9. The quantitative estimate of drug-likeness (QED) is 0.282. The first-order chi connectivity index (χ1) is 16.5. The number of nitrogens with one attached hydrogen (secondary N) is 2. The Morgan fingerprint density at radius 3 is 2.68 bits per heavy atom. The van der Waals surface area contributed by atoms with Crippen LogP contribution in [0.25, 0.3) is 11.3 Å². The van der Waals surface area contributed by atoms with Crippen molar-refractivity contribution in [3.63, 3.8) is 0 Å². The number of nitrogens with zero attached hydrogens (tertiary/aromatic N) is 3. The summed E-state index contributed by atoms with van der Waals surface area (Å²) in [6, 6.07) is 24.2. The van der Waals surface area contributed by atoms with E-state index in [2.05, 4.69) is 20.5 Å². The number of benzene rings is 3. The standard InChI is InChI=1S/C26H20ClN5O2/c1-17-7-5-6-10-19(17)16-34-23-12-11-21(27)13-20(23)15-29-32-26-30-24(18-8-3-2-4-9-18)22(14-28)25(33)31-26/h2-13,15H,16H2,1H3,(H2,30,31,32,33). The molecule has 0 bridgehead atoms. The molecule has 0 aliphatic heterocycles. The summed E-state index contributed by atoms with van der Waals surface area (Å²) in [5.41, 5.74) is 5.88. The van der Waals surface area contributed by atoms with E-state index in [-0.39, 0.29) is 17.2 Å². The second-order valence-corrected chi connectivity index (χ2v) is 7.82. The molecule has 168 valence electrons. The van der Waals surface area contributed by atoms with Gasteiger partial charge in [0.1, 0.15) is 24.0 Å². The molecule has 8 heteroatoms. The molecule has 0 aliphatic rings. The van der Waals surface area contributed by atoms with Crippen LogP contribution < -0.4 is 15.7 Å². The molecule has 0 saturated heterocycles. The number of rotatable bonds is 7. The number of hydrazone groups is 1. The average molecular weight is 470 g/mol. The van der Waals surface area contributed by atoms with Gasteiger partial charge in [-0.1, -0.05) is 66.2 Å². The Balaban J connectivity index is 1.56. The van der Waals surface area contributed by atoms with Crippen LogP contribution in [0.5, 0.6) is 5.75 Å². The topological polar surface area (TPSA) is 103 Å². The molecule has 0 amide bonds. The normalized spacial score (nSPS) is 10.7. The lowest BCUT2D eigenvalue weighted by molar-refractivity contribution is 0.305. The first-order valence-electron chi connectivity index (χ1n) is 10.4. The van der Waals surface area contributed by atoms with Crippen LogP contribution in [0.15, 0.2) is 82.7 Å². The van der Waals surface area contributed by atoms with E-state index in [1.54, 1.807) is 30.3 Å². The third kappa shape index (κ3) is 5.31. The van der Waals surface area contributed by atoms with E-state index < -0.39 is 5.56 Å². The maximum atomic E-state index is 12.4. The largest absolute Gasteiger partial charge is 0.488 e. The van der Waals surface area contributed by atoms with Gasteiger partial charge in [0.15, 0.2) is 0 Å². The second-order valence-electron chi connectivity index (χ2n) is 7.38. The van der Waals surface area contributed by atoms with Crippen molar-refractivity contribution in [2.45, 2.75) is 13.5 Å². The van der Waals surface area contributed by atoms with Gasteiger partial charge in [-0.2, -0.15) is 10.4 Å². The van der Waals surface area contributed by atoms with Gasteiger partial charge in [-0.3, -0.25) is 9.78 Å². The molecule has 0 saturated carbocycles. The highest BCUT2D eigenvalue weighted by atomic mass is 35.5. The Kier molecular flexibility index (Phi) is 7.01. The van der Waals surface area contributed by atoms with Gasteiger partial charge >= 0.3 is 0 Å². The van der Waals surface area contributed by atoms with Crippen LogP contribution in [0.4, 0.5) is 5.95 Å². The molecule has 4 rings (SSSR count). The third-order valence-electron chi connectivity index (χ3n) is 5.07. The molecule has 0 aliphatic carbocycles. The van der Waals surface area contributed by atoms with Crippen LogP contribution in [0.3, 0.4) is 0 Å². The van der Waals surface area contributed by atoms with E-state index in [9.17, 15) is 10.1 Å². The molecule has 2 N–H and O–H groups in total. The predicted molar refractivity (Wildman–Crippen MR) is 133 cm³/mol. The van der Waals surface area contributed by atoms with Crippen molar-refractivity contribution in [2.24, 2.45) is 5.10 Å². The summed E-state index contributed by atoms with van der Waals surface area (Å²) in [5, 5.41) is 14.1. The first-order valence-corrected chi connectivity index (χ1v) is 10.8. The van der Waals surface area contributed by atoms with Crippen LogP contribution in [0.1, 0.15) is 22.3 Å². The smallest absolute Gasteiger partial charge is 0.270 e. The molecule has 0 fully saturated rings. The molecule has 1 aromatic heterocycles. The lowest BCUT2D eigenvalue weighted by Gasteiger charge is -2.11. The van der Waals surface area contributed by atoms with Crippen molar-refractivity contribution in [1.29, 1.82) is 5.26 Å². The number of aryl methyl sites for hydroxylation is 1. The fourth-order valence-corrected chi connectivity index (χ4v) is 3.46.